The quantitative estimate of drug-likeness (QED) is 0.517. The second-order valence-electron chi connectivity index (χ2n) is 2.33. The molecule has 0 atom stereocenters. The van der Waals surface area contributed by atoms with Gasteiger partial charge in [-0.05, 0) is 12.1 Å². The minimum atomic E-state index is -0.936. The maximum atomic E-state index is 11.2. The standard InChI is InChI=1S/C10H7NO3/c1-2-9(12)14-11-10(13)8-6-4-3-5-7-8/h1,3-7H,(H,11,13). The van der Waals surface area contributed by atoms with Crippen LogP contribution in [0.4, 0.5) is 0 Å². The fraction of sp³-hybridized carbons (Fsp3) is 0. The molecule has 4 heteroatoms. The minimum Gasteiger partial charge on any atom is -0.328 e. The van der Waals surface area contributed by atoms with Crippen molar-refractivity contribution in [2.24, 2.45) is 0 Å². The predicted octanol–water partition coefficient (Wildman–Crippen LogP) is 0.508. The number of amides is 1. The molecule has 0 spiro atoms. The fourth-order valence-corrected chi connectivity index (χ4v) is 0.771. The summed E-state index contributed by atoms with van der Waals surface area (Å²) in [7, 11) is 0. The van der Waals surface area contributed by atoms with Crippen molar-refractivity contribution in [2.75, 3.05) is 0 Å². The van der Waals surface area contributed by atoms with Gasteiger partial charge >= 0.3 is 5.97 Å². The van der Waals surface area contributed by atoms with Crippen molar-refractivity contribution in [3.05, 3.63) is 35.9 Å². The van der Waals surface area contributed by atoms with Crippen molar-refractivity contribution >= 4 is 11.9 Å². The van der Waals surface area contributed by atoms with Crippen LogP contribution < -0.4 is 5.48 Å². The number of carbonyl (C=O) groups is 2. The van der Waals surface area contributed by atoms with E-state index < -0.39 is 11.9 Å². The summed E-state index contributed by atoms with van der Waals surface area (Å²) in [5.41, 5.74) is 2.31. The number of carbonyl (C=O) groups excluding carboxylic acids is 2. The number of hydrogen-bond donors (Lipinski definition) is 1. The van der Waals surface area contributed by atoms with Gasteiger partial charge in [-0.3, -0.25) is 4.79 Å². The van der Waals surface area contributed by atoms with Crippen LogP contribution in [0.15, 0.2) is 30.3 Å². The molecule has 0 aliphatic heterocycles. The van der Waals surface area contributed by atoms with E-state index in [0.29, 0.717) is 5.56 Å². The van der Waals surface area contributed by atoms with Crippen molar-refractivity contribution in [3.63, 3.8) is 0 Å². The van der Waals surface area contributed by atoms with Gasteiger partial charge in [0.2, 0.25) is 0 Å². The van der Waals surface area contributed by atoms with Crippen LogP contribution in [0.1, 0.15) is 10.4 Å². The molecule has 0 bridgehead atoms. The molecule has 1 rings (SSSR count). The average molecular weight is 189 g/mol. The Kier molecular flexibility index (Phi) is 3.27. The van der Waals surface area contributed by atoms with E-state index in [9.17, 15) is 9.59 Å². The molecule has 0 fully saturated rings. The zero-order valence-electron chi connectivity index (χ0n) is 7.19. The molecule has 0 unspecified atom stereocenters. The second kappa shape index (κ2) is 4.67. The van der Waals surface area contributed by atoms with E-state index in [0.717, 1.165) is 0 Å². The summed E-state index contributed by atoms with van der Waals surface area (Å²) >= 11 is 0. The molecule has 0 saturated carbocycles. The number of benzene rings is 1. The van der Waals surface area contributed by atoms with E-state index >= 15 is 0 Å². The van der Waals surface area contributed by atoms with E-state index in [1.165, 1.54) is 0 Å². The van der Waals surface area contributed by atoms with Gasteiger partial charge in [0.25, 0.3) is 5.91 Å². The highest BCUT2D eigenvalue weighted by molar-refractivity contribution is 5.95. The van der Waals surface area contributed by atoms with Crippen LogP contribution in [-0.2, 0) is 9.63 Å². The first-order chi connectivity index (χ1) is 6.74. The number of terminal acetylenes is 1. The Morgan fingerprint density at radius 1 is 1.29 bits per heavy atom. The lowest BCUT2D eigenvalue weighted by Gasteiger charge is -2.01. The third kappa shape index (κ3) is 2.64. The molecule has 1 amide bonds. The molecule has 0 aromatic heterocycles. The normalized spacial score (nSPS) is 8.50. The van der Waals surface area contributed by atoms with Crippen molar-refractivity contribution < 1.29 is 14.4 Å². The average Bonchev–Trinajstić information content (AvgIpc) is 2.26. The van der Waals surface area contributed by atoms with Gasteiger partial charge in [-0.15, -0.1) is 6.42 Å². The Labute approximate surface area is 80.8 Å². The number of hydrogen-bond acceptors (Lipinski definition) is 3. The molecule has 1 aromatic rings. The summed E-state index contributed by atoms with van der Waals surface area (Å²) in [6.07, 6.45) is 4.72. The molecule has 1 aromatic carbocycles. The molecule has 0 radical (unpaired) electrons. The van der Waals surface area contributed by atoms with Crippen LogP contribution in [0.5, 0.6) is 0 Å². The van der Waals surface area contributed by atoms with Crippen LogP contribution in [0.25, 0.3) is 0 Å². The van der Waals surface area contributed by atoms with Gasteiger partial charge < -0.3 is 4.84 Å². The van der Waals surface area contributed by atoms with Crippen LogP contribution in [0.2, 0.25) is 0 Å². The Balaban J connectivity index is 2.53. The monoisotopic (exact) mass is 189 g/mol. The van der Waals surface area contributed by atoms with E-state index in [4.69, 9.17) is 6.42 Å². The van der Waals surface area contributed by atoms with E-state index in [1.807, 2.05) is 5.48 Å². The first kappa shape index (κ1) is 9.81. The maximum absolute atomic E-state index is 11.2. The topological polar surface area (TPSA) is 55.4 Å². The highest BCUT2D eigenvalue weighted by Crippen LogP contribution is 1.97. The van der Waals surface area contributed by atoms with Gasteiger partial charge in [0.1, 0.15) is 0 Å². The molecule has 0 saturated heterocycles. The SMILES string of the molecule is C#CC(=O)ONC(=O)c1ccccc1. The van der Waals surface area contributed by atoms with Gasteiger partial charge in [-0.1, -0.05) is 18.2 Å². The summed E-state index contributed by atoms with van der Waals surface area (Å²) in [4.78, 5) is 25.9. The van der Waals surface area contributed by atoms with Crippen LogP contribution >= 0.6 is 0 Å². The zero-order chi connectivity index (χ0) is 10.4. The molecular formula is C10H7NO3. The minimum absolute atomic E-state index is 0.386. The third-order valence-electron chi connectivity index (χ3n) is 1.39. The highest BCUT2D eigenvalue weighted by atomic mass is 16.7. The first-order valence-electron chi connectivity index (χ1n) is 3.77. The Bertz CT molecular complexity index is 378. The Morgan fingerprint density at radius 3 is 2.50 bits per heavy atom. The second-order valence-corrected chi connectivity index (χ2v) is 2.33. The largest absolute Gasteiger partial charge is 0.408 e. The summed E-state index contributed by atoms with van der Waals surface area (Å²) in [6.45, 7) is 0. The lowest BCUT2D eigenvalue weighted by molar-refractivity contribution is -0.141. The zero-order valence-corrected chi connectivity index (χ0v) is 7.19. The van der Waals surface area contributed by atoms with Crippen molar-refractivity contribution in [1.29, 1.82) is 0 Å². The van der Waals surface area contributed by atoms with Gasteiger partial charge in [0.05, 0.1) is 0 Å². The van der Waals surface area contributed by atoms with Crippen LogP contribution in [-0.4, -0.2) is 11.9 Å². The Hall–Kier alpha value is -2.28. The van der Waals surface area contributed by atoms with Crippen molar-refractivity contribution in [2.45, 2.75) is 0 Å². The van der Waals surface area contributed by atoms with E-state index in [-0.39, 0.29) is 0 Å². The predicted molar refractivity (Wildman–Crippen MR) is 48.8 cm³/mol. The van der Waals surface area contributed by atoms with E-state index in [1.54, 1.807) is 36.3 Å². The van der Waals surface area contributed by atoms with Gasteiger partial charge in [-0.25, -0.2) is 4.79 Å². The fourth-order valence-electron chi connectivity index (χ4n) is 0.771. The molecule has 4 nitrogen and oxygen atoms in total. The maximum Gasteiger partial charge on any atom is 0.408 e. The summed E-state index contributed by atoms with van der Waals surface area (Å²) < 4.78 is 0. The molecule has 0 heterocycles. The van der Waals surface area contributed by atoms with Crippen LogP contribution in [0.3, 0.4) is 0 Å². The van der Waals surface area contributed by atoms with E-state index in [2.05, 4.69) is 4.84 Å². The number of rotatable bonds is 1. The summed E-state index contributed by atoms with van der Waals surface area (Å²) in [6, 6.07) is 8.32. The third-order valence-corrected chi connectivity index (χ3v) is 1.39. The molecule has 0 aliphatic carbocycles. The van der Waals surface area contributed by atoms with Crippen molar-refractivity contribution in [1.82, 2.24) is 5.48 Å². The first-order valence-corrected chi connectivity index (χ1v) is 3.77. The lowest BCUT2D eigenvalue weighted by Crippen LogP contribution is -2.26. The molecule has 0 aliphatic rings. The lowest BCUT2D eigenvalue weighted by atomic mass is 10.2. The summed E-state index contributed by atoms with van der Waals surface area (Å²) in [5.74, 6) is 0.241. The smallest absolute Gasteiger partial charge is 0.328 e. The van der Waals surface area contributed by atoms with Gasteiger partial charge in [-0.2, -0.15) is 5.48 Å². The van der Waals surface area contributed by atoms with Crippen molar-refractivity contribution in [3.8, 4) is 12.3 Å². The van der Waals surface area contributed by atoms with Gasteiger partial charge in [0, 0.05) is 11.5 Å². The number of nitrogens with one attached hydrogen (secondary N) is 1. The highest BCUT2D eigenvalue weighted by Gasteiger charge is 2.05. The molecule has 70 valence electrons. The summed E-state index contributed by atoms with van der Waals surface area (Å²) in [5, 5.41) is 0. The van der Waals surface area contributed by atoms with Gasteiger partial charge in [0.15, 0.2) is 0 Å². The Morgan fingerprint density at radius 2 is 1.93 bits per heavy atom. The molecule has 14 heavy (non-hydrogen) atoms. The molecule has 1 N–H and O–H groups in total. The number of hydroxylamine groups is 1. The molecular weight excluding hydrogens is 182 g/mol. The van der Waals surface area contributed by atoms with Crippen LogP contribution in [0, 0.1) is 12.3 Å².